The monoisotopic (exact) mass is 431 g/mol. The van der Waals surface area contributed by atoms with Crippen molar-refractivity contribution in [2.24, 2.45) is 5.92 Å². The van der Waals surface area contributed by atoms with Crippen LogP contribution in [0.4, 0.5) is 0 Å². The number of benzene rings is 2. The Hall–Kier alpha value is -3.09. The lowest BCUT2D eigenvalue weighted by Crippen LogP contribution is -2.41. The maximum absolute atomic E-state index is 13.5. The fourth-order valence-corrected chi connectivity index (χ4v) is 5.04. The topological polar surface area (TPSA) is 77.7 Å². The minimum atomic E-state index is -0.387. The molecule has 32 heavy (non-hydrogen) atoms. The van der Waals surface area contributed by atoms with E-state index in [9.17, 15) is 9.90 Å². The van der Waals surface area contributed by atoms with E-state index in [2.05, 4.69) is 55.9 Å². The lowest BCUT2D eigenvalue weighted by Gasteiger charge is -2.31. The first-order valence-corrected chi connectivity index (χ1v) is 11.1. The Bertz CT molecular complexity index is 1100. The number of furan rings is 1. The van der Waals surface area contributed by atoms with E-state index in [0.29, 0.717) is 6.54 Å². The summed E-state index contributed by atoms with van der Waals surface area (Å²) in [6.07, 6.45) is 1.63. The number of hydrazine groups is 1. The number of rotatable bonds is 4. The minimum Gasteiger partial charge on any atom is -0.508 e. The van der Waals surface area contributed by atoms with Crippen LogP contribution in [0.5, 0.6) is 5.75 Å². The van der Waals surface area contributed by atoms with Crippen molar-refractivity contribution < 1.29 is 14.3 Å². The second-order valence-electron chi connectivity index (χ2n) is 9.74. The van der Waals surface area contributed by atoms with Gasteiger partial charge in [-0.05, 0) is 34.7 Å². The number of fused-ring (bicyclic) bond motifs is 1. The summed E-state index contributed by atoms with van der Waals surface area (Å²) >= 11 is 0. The lowest BCUT2D eigenvalue weighted by atomic mass is 9.81. The van der Waals surface area contributed by atoms with E-state index in [1.54, 1.807) is 12.3 Å². The van der Waals surface area contributed by atoms with Crippen molar-refractivity contribution in [1.29, 1.82) is 0 Å². The predicted octanol–water partition coefficient (Wildman–Crippen LogP) is 4.20. The lowest BCUT2D eigenvalue weighted by molar-refractivity contribution is -0.131. The molecular weight excluding hydrogens is 402 g/mol. The predicted molar refractivity (Wildman–Crippen MR) is 122 cm³/mol. The number of likely N-dealkylation sites (tertiary alicyclic amines) is 1. The van der Waals surface area contributed by atoms with Crippen molar-refractivity contribution >= 4 is 5.91 Å². The Morgan fingerprint density at radius 3 is 2.34 bits per heavy atom. The summed E-state index contributed by atoms with van der Waals surface area (Å²) in [5.41, 5.74) is 9.66. The molecule has 2 fully saturated rings. The Morgan fingerprint density at radius 1 is 0.969 bits per heavy atom. The summed E-state index contributed by atoms with van der Waals surface area (Å²) in [7, 11) is 0. The third-order valence-electron chi connectivity index (χ3n) is 6.71. The standard InChI is InChI=1S/C26H29N3O3/c1-26(2,3)17-12-10-16(11-13-17)24-21-22(19-8-4-5-9-20(19)30)27-28-23(21)25(31)29(24)15-18-7-6-14-32-18/h4-14,21-24,27-28,30H,15H2,1-3H3. The third kappa shape index (κ3) is 3.49. The molecule has 2 saturated heterocycles. The number of phenols is 1. The van der Waals surface area contributed by atoms with Crippen LogP contribution in [0.2, 0.25) is 0 Å². The van der Waals surface area contributed by atoms with Crippen molar-refractivity contribution in [3.05, 3.63) is 89.4 Å². The van der Waals surface area contributed by atoms with E-state index < -0.39 is 0 Å². The van der Waals surface area contributed by atoms with Crippen LogP contribution >= 0.6 is 0 Å². The maximum atomic E-state index is 13.5. The van der Waals surface area contributed by atoms with E-state index in [0.717, 1.165) is 16.9 Å². The summed E-state index contributed by atoms with van der Waals surface area (Å²) in [5, 5.41) is 10.5. The van der Waals surface area contributed by atoms with E-state index in [1.807, 2.05) is 35.2 Å². The summed E-state index contributed by atoms with van der Waals surface area (Å²) < 4.78 is 5.57. The molecule has 0 aliphatic carbocycles. The van der Waals surface area contributed by atoms with Gasteiger partial charge in [-0.15, -0.1) is 0 Å². The van der Waals surface area contributed by atoms with Crippen LogP contribution in [0.3, 0.4) is 0 Å². The van der Waals surface area contributed by atoms with Gasteiger partial charge in [0.25, 0.3) is 0 Å². The van der Waals surface area contributed by atoms with Crippen molar-refractivity contribution in [1.82, 2.24) is 15.8 Å². The largest absolute Gasteiger partial charge is 0.508 e. The van der Waals surface area contributed by atoms with E-state index in [4.69, 9.17) is 4.42 Å². The molecule has 0 bridgehead atoms. The Kier molecular flexibility index (Phi) is 5.07. The smallest absolute Gasteiger partial charge is 0.242 e. The highest BCUT2D eigenvalue weighted by molar-refractivity contribution is 5.86. The minimum absolute atomic E-state index is 0.0294. The Morgan fingerprint density at radius 2 is 1.69 bits per heavy atom. The van der Waals surface area contributed by atoms with Gasteiger partial charge in [-0.2, -0.15) is 0 Å². The SMILES string of the molecule is CC(C)(C)c1ccc(C2C3C(NNC3c3ccccc3O)C(=O)N2Cc2ccco2)cc1. The normalized spacial score (nSPS) is 25.3. The molecule has 2 aromatic carbocycles. The second-order valence-corrected chi connectivity index (χ2v) is 9.74. The van der Waals surface area contributed by atoms with Gasteiger partial charge in [-0.25, -0.2) is 10.9 Å². The molecule has 3 N–H and O–H groups in total. The molecule has 1 aromatic heterocycles. The van der Waals surface area contributed by atoms with Crippen molar-refractivity contribution in [3.63, 3.8) is 0 Å². The molecule has 2 aliphatic rings. The fraction of sp³-hybridized carbons (Fsp3) is 0.346. The number of nitrogens with one attached hydrogen (secondary N) is 2. The van der Waals surface area contributed by atoms with Gasteiger partial charge >= 0.3 is 0 Å². The molecule has 166 valence electrons. The first kappa shape index (κ1) is 20.8. The molecule has 3 aromatic rings. The number of phenolic OH excluding ortho intramolecular Hbond substituents is 1. The summed E-state index contributed by atoms with van der Waals surface area (Å²) in [6, 6.07) is 18.9. The quantitative estimate of drug-likeness (QED) is 0.577. The number of hydrogen-bond donors (Lipinski definition) is 3. The van der Waals surface area contributed by atoms with Crippen molar-refractivity contribution in [2.45, 2.75) is 50.9 Å². The number of aromatic hydroxyl groups is 1. The van der Waals surface area contributed by atoms with Crippen LogP contribution in [0, 0.1) is 5.92 Å². The third-order valence-corrected chi connectivity index (χ3v) is 6.71. The molecule has 0 saturated carbocycles. The number of para-hydroxylation sites is 1. The van der Waals surface area contributed by atoms with Gasteiger partial charge in [0.1, 0.15) is 17.6 Å². The highest BCUT2D eigenvalue weighted by Crippen LogP contribution is 2.49. The van der Waals surface area contributed by atoms with Crippen molar-refractivity contribution in [3.8, 4) is 5.75 Å². The van der Waals surface area contributed by atoms with Gasteiger partial charge in [0.2, 0.25) is 5.91 Å². The van der Waals surface area contributed by atoms with E-state index in [-0.39, 0.29) is 41.1 Å². The molecule has 4 unspecified atom stereocenters. The maximum Gasteiger partial charge on any atom is 0.242 e. The molecule has 1 amide bonds. The zero-order chi connectivity index (χ0) is 22.5. The molecule has 0 spiro atoms. The first-order chi connectivity index (χ1) is 15.3. The number of hydrogen-bond acceptors (Lipinski definition) is 5. The average molecular weight is 432 g/mol. The second kappa shape index (κ2) is 7.80. The fourth-order valence-electron chi connectivity index (χ4n) is 5.04. The number of nitrogens with zero attached hydrogens (tertiary/aromatic N) is 1. The van der Waals surface area contributed by atoms with Crippen LogP contribution in [-0.2, 0) is 16.8 Å². The highest BCUT2D eigenvalue weighted by atomic mass is 16.3. The molecular formula is C26H29N3O3. The van der Waals surface area contributed by atoms with Crippen molar-refractivity contribution in [2.75, 3.05) is 0 Å². The van der Waals surface area contributed by atoms with Crippen LogP contribution < -0.4 is 10.9 Å². The van der Waals surface area contributed by atoms with Crippen LogP contribution in [0.1, 0.15) is 55.3 Å². The van der Waals surface area contributed by atoms with Gasteiger partial charge in [0.15, 0.2) is 0 Å². The molecule has 2 aliphatic heterocycles. The highest BCUT2D eigenvalue weighted by Gasteiger charge is 2.55. The molecule has 3 heterocycles. The van der Waals surface area contributed by atoms with Gasteiger partial charge in [0.05, 0.1) is 24.9 Å². The summed E-state index contributed by atoms with van der Waals surface area (Å²) in [4.78, 5) is 15.4. The molecule has 6 heteroatoms. The van der Waals surface area contributed by atoms with Crippen LogP contribution in [-0.4, -0.2) is 22.0 Å². The zero-order valence-corrected chi connectivity index (χ0v) is 18.6. The van der Waals surface area contributed by atoms with Gasteiger partial charge in [-0.1, -0.05) is 63.2 Å². The summed E-state index contributed by atoms with van der Waals surface area (Å²) in [5.74, 6) is 0.917. The molecule has 0 radical (unpaired) electrons. The Labute approximate surface area is 188 Å². The van der Waals surface area contributed by atoms with Crippen LogP contribution in [0.25, 0.3) is 0 Å². The molecule has 4 atom stereocenters. The van der Waals surface area contributed by atoms with E-state index in [1.165, 1.54) is 5.56 Å². The Balaban J connectivity index is 1.57. The van der Waals surface area contributed by atoms with Gasteiger partial charge < -0.3 is 14.4 Å². The number of carbonyl (C=O) groups excluding carboxylic acids is 1. The molecule has 5 rings (SSSR count). The number of amides is 1. The van der Waals surface area contributed by atoms with Gasteiger partial charge in [-0.3, -0.25) is 4.79 Å². The van der Waals surface area contributed by atoms with Crippen LogP contribution in [0.15, 0.2) is 71.3 Å². The first-order valence-electron chi connectivity index (χ1n) is 11.1. The zero-order valence-electron chi connectivity index (χ0n) is 18.6. The molecule has 6 nitrogen and oxygen atoms in total. The van der Waals surface area contributed by atoms with E-state index >= 15 is 0 Å². The van der Waals surface area contributed by atoms with Gasteiger partial charge in [0, 0.05) is 11.5 Å². The number of carbonyl (C=O) groups is 1. The summed E-state index contributed by atoms with van der Waals surface area (Å²) in [6.45, 7) is 6.98. The average Bonchev–Trinajstić information content (AvgIpc) is 3.48.